The van der Waals surface area contributed by atoms with Gasteiger partial charge in [0.25, 0.3) is 0 Å². The predicted molar refractivity (Wildman–Crippen MR) is 71.5 cm³/mol. The molecule has 0 aliphatic heterocycles. The molecule has 2 amide bonds. The molecule has 0 saturated carbocycles. The van der Waals surface area contributed by atoms with E-state index >= 15 is 0 Å². The van der Waals surface area contributed by atoms with Crippen LogP contribution in [0, 0.1) is 11.8 Å². The maximum absolute atomic E-state index is 11.5. The van der Waals surface area contributed by atoms with Crippen molar-refractivity contribution in [2.45, 2.75) is 53.0 Å². The molecule has 0 radical (unpaired) electrons. The SMILES string of the molecule is CC(C)CCCCNC(=O)NC(C)C(C)C(=O)O. The van der Waals surface area contributed by atoms with E-state index in [1.165, 1.54) is 0 Å². The van der Waals surface area contributed by atoms with Crippen LogP contribution in [0.2, 0.25) is 0 Å². The van der Waals surface area contributed by atoms with Crippen molar-refractivity contribution in [3.63, 3.8) is 0 Å². The van der Waals surface area contributed by atoms with Crippen molar-refractivity contribution in [1.29, 1.82) is 0 Å². The Morgan fingerprint density at radius 3 is 2.22 bits per heavy atom. The van der Waals surface area contributed by atoms with Crippen LogP contribution in [-0.4, -0.2) is 29.7 Å². The number of hydrogen-bond acceptors (Lipinski definition) is 2. The van der Waals surface area contributed by atoms with Crippen molar-refractivity contribution in [3.05, 3.63) is 0 Å². The van der Waals surface area contributed by atoms with Crippen LogP contribution in [0.5, 0.6) is 0 Å². The first-order chi connectivity index (χ1) is 8.34. The monoisotopic (exact) mass is 258 g/mol. The van der Waals surface area contributed by atoms with E-state index in [1.54, 1.807) is 13.8 Å². The molecular weight excluding hydrogens is 232 g/mol. The van der Waals surface area contributed by atoms with Crippen molar-refractivity contribution in [3.8, 4) is 0 Å². The van der Waals surface area contributed by atoms with Crippen LogP contribution in [0.3, 0.4) is 0 Å². The summed E-state index contributed by atoms with van der Waals surface area (Å²) in [6.45, 7) is 8.25. The Balaban J connectivity index is 3.68. The average molecular weight is 258 g/mol. The number of carboxylic acid groups (broad SMARTS) is 1. The summed E-state index contributed by atoms with van der Waals surface area (Å²) in [7, 11) is 0. The van der Waals surface area contributed by atoms with Gasteiger partial charge in [-0.2, -0.15) is 0 Å². The van der Waals surface area contributed by atoms with E-state index in [-0.39, 0.29) is 12.1 Å². The number of amides is 2. The minimum Gasteiger partial charge on any atom is -0.481 e. The molecule has 0 aliphatic carbocycles. The molecule has 2 atom stereocenters. The summed E-state index contributed by atoms with van der Waals surface area (Å²) in [5, 5.41) is 14.2. The van der Waals surface area contributed by atoms with Gasteiger partial charge in [0.05, 0.1) is 5.92 Å². The Bertz CT molecular complexity index is 267. The first-order valence-electron chi connectivity index (χ1n) is 6.61. The smallest absolute Gasteiger partial charge is 0.315 e. The molecule has 2 unspecified atom stereocenters. The highest BCUT2D eigenvalue weighted by Gasteiger charge is 2.20. The van der Waals surface area contributed by atoms with Gasteiger partial charge in [0, 0.05) is 12.6 Å². The molecule has 0 spiro atoms. The third-order valence-corrected chi connectivity index (χ3v) is 2.99. The Kier molecular flexibility index (Phi) is 8.16. The first kappa shape index (κ1) is 16.7. The van der Waals surface area contributed by atoms with E-state index in [2.05, 4.69) is 24.5 Å². The molecule has 0 rings (SSSR count). The quantitative estimate of drug-likeness (QED) is 0.584. The number of carboxylic acids is 1. The molecule has 18 heavy (non-hydrogen) atoms. The lowest BCUT2D eigenvalue weighted by molar-refractivity contribution is -0.141. The molecule has 0 heterocycles. The van der Waals surface area contributed by atoms with Gasteiger partial charge in [0.1, 0.15) is 0 Å². The minimum absolute atomic E-state index is 0.292. The summed E-state index contributed by atoms with van der Waals surface area (Å²) in [5.74, 6) is -0.799. The van der Waals surface area contributed by atoms with E-state index < -0.39 is 11.9 Å². The number of hydrogen-bond donors (Lipinski definition) is 3. The van der Waals surface area contributed by atoms with Crippen LogP contribution in [0.15, 0.2) is 0 Å². The zero-order chi connectivity index (χ0) is 14.1. The minimum atomic E-state index is -0.903. The highest BCUT2D eigenvalue weighted by Crippen LogP contribution is 2.05. The Hall–Kier alpha value is -1.26. The van der Waals surface area contributed by atoms with Crippen LogP contribution in [0.25, 0.3) is 0 Å². The van der Waals surface area contributed by atoms with Crippen molar-refractivity contribution in [2.24, 2.45) is 11.8 Å². The van der Waals surface area contributed by atoms with E-state index in [1.807, 2.05) is 0 Å². The number of carbonyl (C=O) groups excluding carboxylic acids is 1. The third-order valence-electron chi connectivity index (χ3n) is 2.99. The van der Waals surface area contributed by atoms with Crippen LogP contribution >= 0.6 is 0 Å². The number of rotatable bonds is 8. The van der Waals surface area contributed by atoms with E-state index in [4.69, 9.17) is 5.11 Å². The molecule has 0 aromatic rings. The summed E-state index contributed by atoms with van der Waals surface area (Å²) >= 11 is 0. The molecule has 5 nitrogen and oxygen atoms in total. The maximum Gasteiger partial charge on any atom is 0.315 e. The van der Waals surface area contributed by atoms with Gasteiger partial charge < -0.3 is 15.7 Å². The molecule has 5 heteroatoms. The van der Waals surface area contributed by atoms with Crippen LogP contribution < -0.4 is 10.6 Å². The van der Waals surface area contributed by atoms with Gasteiger partial charge in [-0.3, -0.25) is 4.79 Å². The fourth-order valence-corrected chi connectivity index (χ4v) is 1.48. The summed E-state index contributed by atoms with van der Waals surface area (Å²) in [6, 6.07) is -0.668. The van der Waals surface area contributed by atoms with Crippen molar-refractivity contribution in [2.75, 3.05) is 6.54 Å². The van der Waals surface area contributed by atoms with Crippen molar-refractivity contribution < 1.29 is 14.7 Å². The highest BCUT2D eigenvalue weighted by molar-refractivity contribution is 5.76. The van der Waals surface area contributed by atoms with E-state index in [0.29, 0.717) is 12.5 Å². The molecule has 106 valence electrons. The maximum atomic E-state index is 11.5. The number of nitrogens with one attached hydrogen (secondary N) is 2. The zero-order valence-corrected chi connectivity index (χ0v) is 11.8. The number of urea groups is 1. The molecular formula is C13H26N2O3. The van der Waals surface area contributed by atoms with Crippen LogP contribution in [-0.2, 0) is 4.79 Å². The molecule has 0 aliphatic rings. The number of unbranched alkanes of at least 4 members (excludes halogenated alkanes) is 1. The summed E-state index contributed by atoms with van der Waals surface area (Å²) in [4.78, 5) is 22.2. The zero-order valence-electron chi connectivity index (χ0n) is 11.8. The van der Waals surface area contributed by atoms with Gasteiger partial charge in [-0.15, -0.1) is 0 Å². The third kappa shape index (κ3) is 7.92. The van der Waals surface area contributed by atoms with Gasteiger partial charge >= 0.3 is 12.0 Å². The molecule has 3 N–H and O–H groups in total. The fourth-order valence-electron chi connectivity index (χ4n) is 1.48. The largest absolute Gasteiger partial charge is 0.481 e. The molecule has 0 aromatic carbocycles. The van der Waals surface area contributed by atoms with E-state index in [9.17, 15) is 9.59 Å². The van der Waals surface area contributed by atoms with Crippen LogP contribution in [0.4, 0.5) is 4.79 Å². The molecule has 0 fully saturated rings. The Morgan fingerprint density at radius 2 is 1.72 bits per heavy atom. The molecule has 0 saturated heterocycles. The average Bonchev–Trinajstić information content (AvgIpc) is 2.26. The predicted octanol–water partition coefficient (Wildman–Crippen LogP) is 2.22. The fraction of sp³-hybridized carbons (Fsp3) is 0.846. The highest BCUT2D eigenvalue weighted by atomic mass is 16.4. The molecule has 0 aromatic heterocycles. The second-order valence-electron chi connectivity index (χ2n) is 5.21. The van der Waals surface area contributed by atoms with E-state index in [0.717, 1.165) is 19.3 Å². The summed E-state index contributed by atoms with van der Waals surface area (Å²) in [5.41, 5.74) is 0. The summed E-state index contributed by atoms with van der Waals surface area (Å²) in [6.07, 6.45) is 3.21. The van der Waals surface area contributed by atoms with Gasteiger partial charge in [0.2, 0.25) is 0 Å². The standard InChI is InChI=1S/C13H26N2O3/c1-9(2)7-5-6-8-14-13(18)15-11(4)10(3)12(16)17/h9-11H,5-8H2,1-4H3,(H,16,17)(H2,14,15,18). The Morgan fingerprint density at radius 1 is 1.11 bits per heavy atom. The van der Waals surface area contributed by atoms with Gasteiger partial charge in [0.15, 0.2) is 0 Å². The Labute approximate surface area is 109 Å². The van der Waals surface area contributed by atoms with Crippen molar-refractivity contribution in [1.82, 2.24) is 10.6 Å². The number of aliphatic carboxylic acids is 1. The molecule has 0 bridgehead atoms. The number of carbonyl (C=O) groups is 2. The van der Waals surface area contributed by atoms with Crippen molar-refractivity contribution >= 4 is 12.0 Å². The van der Waals surface area contributed by atoms with Gasteiger partial charge in [-0.05, 0) is 26.2 Å². The lowest BCUT2D eigenvalue weighted by Gasteiger charge is -2.18. The lowest BCUT2D eigenvalue weighted by atomic mass is 10.0. The first-order valence-corrected chi connectivity index (χ1v) is 6.61. The van der Waals surface area contributed by atoms with Crippen LogP contribution in [0.1, 0.15) is 47.0 Å². The topological polar surface area (TPSA) is 78.4 Å². The summed E-state index contributed by atoms with van der Waals surface area (Å²) < 4.78 is 0. The normalized spacial score (nSPS) is 14.1. The van der Waals surface area contributed by atoms with Gasteiger partial charge in [-0.25, -0.2) is 4.79 Å². The second-order valence-corrected chi connectivity index (χ2v) is 5.21. The lowest BCUT2D eigenvalue weighted by Crippen LogP contribution is -2.45. The second kappa shape index (κ2) is 8.78. The van der Waals surface area contributed by atoms with Gasteiger partial charge in [-0.1, -0.05) is 26.7 Å².